The fourth-order valence-corrected chi connectivity index (χ4v) is 5.16. The highest BCUT2D eigenvalue weighted by Crippen LogP contribution is 2.30. The SMILES string of the molecule is CCCS(=O)(=O)Nc1cccc(NC(=O)c2nn(-c3ccc(F)cc3)c3c2CCC3)c1C. The number of anilines is 2. The third-order valence-electron chi connectivity index (χ3n) is 5.54. The summed E-state index contributed by atoms with van der Waals surface area (Å²) in [6, 6.07) is 11.1. The van der Waals surface area contributed by atoms with Crippen molar-refractivity contribution in [2.45, 2.75) is 39.5 Å². The van der Waals surface area contributed by atoms with Crippen LogP contribution in [-0.2, 0) is 22.9 Å². The molecular weight excluding hydrogens is 431 g/mol. The Labute approximate surface area is 186 Å². The quantitative estimate of drug-likeness (QED) is 0.557. The van der Waals surface area contributed by atoms with Gasteiger partial charge in [-0.1, -0.05) is 13.0 Å². The van der Waals surface area contributed by atoms with Crippen LogP contribution in [0.15, 0.2) is 42.5 Å². The number of sulfonamides is 1. The highest BCUT2D eigenvalue weighted by Gasteiger charge is 2.27. The van der Waals surface area contributed by atoms with E-state index in [1.54, 1.807) is 48.9 Å². The van der Waals surface area contributed by atoms with Crippen LogP contribution in [0.25, 0.3) is 5.69 Å². The molecule has 1 aliphatic carbocycles. The molecule has 0 unspecified atom stereocenters. The number of amides is 1. The van der Waals surface area contributed by atoms with E-state index in [-0.39, 0.29) is 17.5 Å². The second kappa shape index (κ2) is 8.74. The van der Waals surface area contributed by atoms with Gasteiger partial charge in [-0.05, 0) is 74.6 Å². The summed E-state index contributed by atoms with van der Waals surface area (Å²) in [7, 11) is -3.45. The second-order valence-corrected chi connectivity index (χ2v) is 9.71. The van der Waals surface area contributed by atoms with Crippen LogP contribution in [0.4, 0.5) is 15.8 Å². The number of nitrogens with zero attached hydrogens (tertiary/aromatic N) is 2. The summed E-state index contributed by atoms with van der Waals surface area (Å²) in [4.78, 5) is 13.1. The van der Waals surface area contributed by atoms with Crippen LogP contribution in [0.2, 0.25) is 0 Å². The van der Waals surface area contributed by atoms with Crippen LogP contribution in [0.1, 0.15) is 47.1 Å². The normalized spacial score (nSPS) is 13.1. The predicted octanol–water partition coefficient (Wildman–Crippen LogP) is 4.21. The lowest BCUT2D eigenvalue weighted by atomic mass is 10.1. The molecule has 9 heteroatoms. The van der Waals surface area contributed by atoms with Crippen LogP contribution in [0.3, 0.4) is 0 Å². The van der Waals surface area contributed by atoms with Crippen LogP contribution >= 0.6 is 0 Å². The number of rotatable bonds is 7. The Bertz CT molecular complexity index is 1270. The van der Waals surface area contributed by atoms with Crippen molar-refractivity contribution in [2.75, 3.05) is 15.8 Å². The molecule has 0 bridgehead atoms. The van der Waals surface area contributed by atoms with E-state index in [0.717, 1.165) is 30.5 Å². The van der Waals surface area contributed by atoms with Gasteiger partial charge in [-0.3, -0.25) is 9.52 Å². The van der Waals surface area contributed by atoms with E-state index in [0.29, 0.717) is 34.7 Å². The van der Waals surface area contributed by atoms with Crippen LogP contribution in [0, 0.1) is 12.7 Å². The van der Waals surface area contributed by atoms with Crippen LogP contribution in [0.5, 0.6) is 0 Å². The molecule has 0 saturated carbocycles. The zero-order valence-electron chi connectivity index (χ0n) is 18.0. The molecule has 0 spiro atoms. The molecule has 4 rings (SSSR count). The fraction of sp³-hybridized carbons (Fsp3) is 0.304. The molecule has 1 aliphatic rings. The van der Waals surface area contributed by atoms with Gasteiger partial charge in [0, 0.05) is 16.9 Å². The van der Waals surface area contributed by atoms with E-state index in [1.807, 2.05) is 0 Å². The first-order chi connectivity index (χ1) is 15.3. The molecule has 2 N–H and O–H groups in total. The van der Waals surface area contributed by atoms with Crippen molar-refractivity contribution >= 4 is 27.3 Å². The molecule has 7 nitrogen and oxygen atoms in total. The number of hydrogen-bond donors (Lipinski definition) is 2. The number of carbonyl (C=O) groups excluding carboxylic acids is 1. The molecule has 1 aromatic heterocycles. The van der Waals surface area contributed by atoms with Gasteiger partial charge in [-0.15, -0.1) is 0 Å². The molecule has 1 amide bonds. The molecule has 2 aromatic carbocycles. The summed E-state index contributed by atoms with van der Waals surface area (Å²) in [6.07, 6.45) is 2.96. The average molecular weight is 457 g/mol. The number of hydrogen-bond acceptors (Lipinski definition) is 4. The average Bonchev–Trinajstić information content (AvgIpc) is 3.34. The minimum atomic E-state index is -3.45. The zero-order valence-corrected chi connectivity index (χ0v) is 18.8. The van der Waals surface area contributed by atoms with Gasteiger partial charge in [-0.25, -0.2) is 17.5 Å². The van der Waals surface area contributed by atoms with E-state index in [2.05, 4.69) is 15.1 Å². The molecule has 1 heterocycles. The standard InChI is InChI=1S/C23H25FN4O3S/c1-3-14-32(30,31)27-20-8-5-7-19(15(20)2)25-23(29)22-18-6-4-9-21(18)28(26-22)17-12-10-16(24)11-13-17/h5,7-8,10-13,27H,3-4,6,9,14H2,1-2H3,(H,25,29). The minimum Gasteiger partial charge on any atom is -0.320 e. The smallest absolute Gasteiger partial charge is 0.276 e. The fourth-order valence-electron chi connectivity index (χ4n) is 3.97. The Morgan fingerprint density at radius 1 is 1.12 bits per heavy atom. The third-order valence-corrected chi connectivity index (χ3v) is 7.01. The minimum absolute atomic E-state index is 0.0238. The number of nitrogens with one attached hydrogen (secondary N) is 2. The summed E-state index contributed by atoms with van der Waals surface area (Å²) in [5.41, 5.74) is 4.44. The van der Waals surface area contributed by atoms with Crippen LogP contribution < -0.4 is 10.0 Å². The molecule has 0 radical (unpaired) electrons. The van der Waals surface area contributed by atoms with E-state index < -0.39 is 10.0 Å². The number of aromatic nitrogens is 2. The van der Waals surface area contributed by atoms with Crippen LogP contribution in [-0.4, -0.2) is 29.9 Å². The van der Waals surface area contributed by atoms with Crippen molar-refractivity contribution in [3.05, 3.63) is 70.8 Å². The molecule has 3 aromatic rings. The lowest BCUT2D eigenvalue weighted by molar-refractivity contribution is 0.102. The van der Waals surface area contributed by atoms with Gasteiger partial charge in [0.15, 0.2) is 5.69 Å². The van der Waals surface area contributed by atoms with Gasteiger partial charge in [0.05, 0.1) is 17.1 Å². The summed E-state index contributed by atoms with van der Waals surface area (Å²) in [5, 5.41) is 7.41. The molecule has 0 atom stereocenters. The van der Waals surface area contributed by atoms with Crippen molar-refractivity contribution in [3.63, 3.8) is 0 Å². The Kier molecular flexibility index (Phi) is 6.01. The van der Waals surface area contributed by atoms with Gasteiger partial charge in [-0.2, -0.15) is 5.10 Å². The molecule has 0 saturated heterocycles. The Morgan fingerprint density at radius 3 is 2.56 bits per heavy atom. The number of benzene rings is 2. The molecule has 0 fully saturated rings. The van der Waals surface area contributed by atoms with Crippen molar-refractivity contribution < 1.29 is 17.6 Å². The van der Waals surface area contributed by atoms with E-state index in [1.165, 1.54) is 12.1 Å². The maximum Gasteiger partial charge on any atom is 0.276 e. The van der Waals surface area contributed by atoms with Gasteiger partial charge < -0.3 is 5.32 Å². The van der Waals surface area contributed by atoms with Crippen molar-refractivity contribution in [2.24, 2.45) is 0 Å². The number of fused-ring (bicyclic) bond motifs is 1. The van der Waals surface area contributed by atoms with Gasteiger partial charge >= 0.3 is 0 Å². The van der Waals surface area contributed by atoms with Gasteiger partial charge in [0.25, 0.3) is 5.91 Å². The highest BCUT2D eigenvalue weighted by atomic mass is 32.2. The molecule has 32 heavy (non-hydrogen) atoms. The van der Waals surface area contributed by atoms with Gasteiger partial charge in [0.2, 0.25) is 10.0 Å². The summed E-state index contributed by atoms with van der Waals surface area (Å²) >= 11 is 0. The van der Waals surface area contributed by atoms with E-state index >= 15 is 0 Å². The van der Waals surface area contributed by atoms with Crippen molar-refractivity contribution in [1.29, 1.82) is 0 Å². The molecule has 0 aliphatic heterocycles. The monoisotopic (exact) mass is 456 g/mol. The van der Waals surface area contributed by atoms with Gasteiger partial charge in [0.1, 0.15) is 5.82 Å². The Hall–Kier alpha value is -3.20. The third kappa shape index (κ3) is 4.38. The topological polar surface area (TPSA) is 93.1 Å². The first-order valence-corrected chi connectivity index (χ1v) is 12.2. The predicted molar refractivity (Wildman–Crippen MR) is 122 cm³/mol. The van der Waals surface area contributed by atoms with E-state index in [9.17, 15) is 17.6 Å². The Morgan fingerprint density at radius 2 is 1.84 bits per heavy atom. The lowest BCUT2D eigenvalue weighted by Gasteiger charge is -2.14. The van der Waals surface area contributed by atoms with E-state index in [4.69, 9.17) is 0 Å². The maximum absolute atomic E-state index is 13.3. The second-order valence-electron chi connectivity index (χ2n) is 7.87. The van der Waals surface area contributed by atoms with Crippen molar-refractivity contribution in [3.8, 4) is 5.69 Å². The Balaban J connectivity index is 1.62. The number of carbonyl (C=O) groups is 1. The number of halogens is 1. The van der Waals surface area contributed by atoms with Crippen molar-refractivity contribution in [1.82, 2.24) is 9.78 Å². The largest absolute Gasteiger partial charge is 0.320 e. The zero-order chi connectivity index (χ0) is 22.9. The molecular formula is C23H25FN4O3S. The first kappa shape index (κ1) is 22.0. The lowest BCUT2D eigenvalue weighted by Crippen LogP contribution is -2.18. The summed E-state index contributed by atoms with van der Waals surface area (Å²) in [6.45, 7) is 3.55. The molecule has 168 valence electrons. The summed E-state index contributed by atoms with van der Waals surface area (Å²) < 4.78 is 41.9. The summed E-state index contributed by atoms with van der Waals surface area (Å²) in [5.74, 6) is -0.670. The first-order valence-electron chi connectivity index (χ1n) is 10.6. The maximum atomic E-state index is 13.3. The highest BCUT2D eigenvalue weighted by molar-refractivity contribution is 7.92.